The van der Waals surface area contributed by atoms with Crippen molar-refractivity contribution < 1.29 is 20.1 Å². The summed E-state index contributed by atoms with van der Waals surface area (Å²) in [5.41, 5.74) is 6.28. The predicted octanol–water partition coefficient (Wildman–Crippen LogP) is -1.98. The van der Waals surface area contributed by atoms with Crippen molar-refractivity contribution in [1.29, 1.82) is 0 Å². The predicted molar refractivity (Wildman–Crippen MR) is 69.2 cm³/mol. The second kappa shape index (κ2) is 6.39. The molecule has 1 aliphatic heterocycles. The lowest BCUT2D eigenvalue weighted by atomic mass is 10.0. The molecule has 0 spiro atoms. The third kappa shape index (κ3) is 2.87. The molecular weight excluding hydrogens is 266 g/mol. The molecule has 9 nitrogen and oxygen atoms in total. The van der Waals surface area contributed by atoms with Crippen molar-refractivity contribution in [3.8, 4) is 0 Å². The van der Waals surface area contributed by atoms with Gasteiger partial charge in [0.05, 0.1) is 6.61 Å². The summed E-state index contributed by atoms with van der Waals surface area (Å²) < 4.78 is 5.47. The summed E-state index contributed by atoms with van der Waals surface area (Å²) >= 11 is 0. The van der Waals surface area contributed by atoms with Gasteiger partial charge in [-0.05, 0) is 0 Å². The first-order chi connectivity index (χ1) is 9.58. The van der Waals surface area contributed by atoms with Gasteiger partial charge >= 0.3 is 0 Å². The van der Waals surface area contributed by atoms with Gasteiger partial charge in [-0.3, -0.25) is 5.43 Å². The maximum absolute atomic E-state index is 10.0. The van der Waals surface area contributed by atoms with Gasteiger partial charge in [0.2, 0.25) is 0 Å². The van der Waals surface area contributed by atoms with Crippen molar-refractivity contribution in [2.75, 3.05) is 26.1 Å². The molecule has 0 bridgehead atoms. The van der Waals surface area contributed by atoms with Gasteiger partial charge in [0.25, 0.3) is 0 Å². The van der Waals surface area contributed by atoms with Gasteiger partial charge < -0.3 is 20.1 Å². The van der Waals surface area contributed by atoms with E-state index in [1.165, 1.54) is 12.5 Å². The molecular formula is C11H19N5O4. The molecule has 2 rings (SSSR count). The Hall–Kier alpha value is -1.36. The molecule has 1 aromatic rings. The molecule has 4 atom stereocenters. The summed E-state index contributed by atoms with van der Waals surface area (Å²) in [6, 6.07) is 0. The van der Waals surface area contributed by atoms with Crippen molar-refractivity contribution in [1.82, 2.24) is 20.5 Å². The molecule has 0 amide bonds. The number of hydrazine groups is 2. The maximum atomic E-state index is 10.0. The number of aliphatic hydroxyl groups excluding tert-OH is 3. The third-order valence-electron chi connectivity index (χ3n) is 3.20. The van der Waals surface area contributed by atoms with E-state index in [1.807, 2.05) is 0 Å². The van der Waals surface area contributed by atoms with Crippen LogP contribution in [-0.4, -0.2) is 69.4 Å². The molecule has 0 saturated carbocycles. The van der Waals surface area contributed by atoms with Crippen LogP contribution >= 0.6 is 0 Å². The summed E-state index contributed by atoms with van der Waals surface area (Å²) in [5.74, 6) is 0.437. The lowest BCUT2D eigenvalue weighted by Gasteiger charge is -2.22. The highest BCUT2D eigenvalue weighted by Gasteiger charge is 2.44. The van der Waals surface area contributed by atoms with Crippen LogP contribution in [0.5, 0.6) is 0 Å². The minimum Gasteiger partial charge on any atom is -0.394 e. The van der Waals surface area contributed by atoms with E-state index in [1.54, 1.807) is 19.2 Å². The Morgan fingerprint density at radius 3 is 2.75 bits per heavy atom. The Morgan fingerprint density at radius 1 is 1.40 bits per heavy atom. The number of hydrogen-bond acceptors (Lipinski definition) is 9. The zero-order valence-corrected chi connectivity index (χ0v) is 11.3. The van der Waals surface area contributed by atoms with Crippen LogP contribution in [0.25, 0.3) is 0 Å². The fourth-order valence-electron chi connectivity index (χ4n) is 2.01. The molecule has 0 aromatic carbocycles. The topological polar surface area (TPSA) is 123 Å². The summed E-state index contributed by atoms with van der Waals surface area (Å²) in [4.78, 5) is 7.99. The number of ether oxygens (including phenoxy) is 1. The van der Waals surface area contributed by atoms with Crippen molar-refractivity contribution >= 4 is 5.82 Å². The average Bonchev–Trinajstić information content (AvgIpc) is 2.75. The molecule has 1 aliphatic rings. The lowest BCUT2D eigenvalue weighted by molar-refractivity contribution is -0.0228. The minimum atomic E-state index is -1.15. The molecule has 1 aromatic heterocycles. The molecule has 5 N–H and O–H groups in total. The number of nitrogens with zero attached hydrogens (tertiary/aromatic N) is 3. The SMILES string of the molecule is CNN(C)Nc1ncncc1C1OC(CO)C(O)C1O. The van der Waals surface area contributed by atoms with Crippen molar-refractivity contribution in [3.63, 3.8) is 0 Å². The Bertz CT molecular complexity index is 449. The van der Waals surface area contributed by atoms with E-state index < -0.39 is 24.4 Å². The smallest absolute Gasteiger partial charge is 0.150 e. The van der Waals surface area contributed by atoms with Crippen LogP contribution in [0.15, 0.2) is 12.5 Å². The fourth-order valence-corrected chi connectivity index (χ4v) is 2.01. The van der Waals surface area contributed by atoms with E-state index in [2.05, 4.69) is 20.8 Å². The quantitative estimate of drug-likeness (QED) is 0.392. The summed E-state index contributed by atoms with van der Waals surface area (Å²) in [6.07, 6.45) is -1.09. The highest BCUT2D eigenvalue weighted by atomic mass is 16.6. The van der Waals surface area contributed by atoms with E-state index >= 15 is 0 Å². The molecule has 112 valence electrons. The maximum Gasteiger partial charge on any atom is 0.150 e. The number of rotatable bonds is 5. The van der Waals surface area contributed by atoms with Gasteiger partial charge in [0.1, 0.15) is 30.7 Å². The second-order valence-corrected chi connectivity index (χ2v) is 4.48. The first-order valence-electron chi connectivity index (χ1n) is 6.18. The molecule has 4 unspecified atom stereocenters. The van der Waals surface area contributed by atoms with Crippen LogP contribution in [-0.2, 0) is 4.74 Å². The normalized spacial score (nSPS) is 29.9. The van der Waals surface area contributed by atoms with E-state index in [9.17, 15) is 10.2 Å². The second-order valence-electron chi connectivity index (χ2n) is 4.48. The van der Waals surface area contributed by atoms with E-state index in [0.29, 0.717) is 11.4 Å². The molecule has 1 saturated heterocycles. The Morgan fingerprint density at radius 2 is 2.15 bits per heavy atom. The van der Waals surface area contributed by atoms with Gasteiger partial charge in [-0.25, -0.2) is 15.4 Å². The number of aromatic nitrogens is 2. The zero-order chi connectivity index (χ0) is 14.7. The van der Waals surface area contributed by atoms with Crippen LogP contribution in [0, 0.1) is 0 Å². The molecule has 2 heterocycles. The highest BCUT2D eigenvalue weighted by molar-refractivity contribution is 5.43. The third-order valence-corrected chi connectivity index (χ3v) is 3.20. The Balaban J connectivity index is 2.24. The summed E-state index contributed by atoms with van der Waals surface area (Å²) in [7, 11) is 3.46. The van der Waals surface area contributed by atoms with Gasteiger partial charge in [-0.1, -0.05) is 0 Å². The lowest BCUT2D eigenvalue weighted by Crippen LogP contribution is -2.37. The first-order valence-corrected chi connectivity index (χ1v) is 6.18. The molecule has 9 heteroatoms. The van der Waals surface area contributed by atoms with Crippen LogP contribution in [0.4, 0.5) is 5.82 Å². The van der Waals surface area contributed by atoms with E-state index in [-0.39, 0.29) is 6.61 Å². The van der Waals surface area contributed by atoms with Gasteiger partial charge in [-0.15, -0.1) is 0 Å². The van der Waals surface area contributed by atoms with Crippen LogP contribution < -0.4 is 10.9 Å². The summed E-state index contributed by atoms with van der Waals surface area (Å²) in [6.45, 7) is -0.373. The van der Waals surface area contributed by atoms with Crippen molar-refractivity contribution in [2.24, 2.45) is 0 Å². The molecule has 20 heavy (non-hydrogen) atoms. The number of nitrogens with one attached hydrogen (secondary N) is 2. The van der Waals surface area contributed by atoms with Crippen LogP contribution in [0.3, 0.4) is 0 Å². The molecule has 0 aliphatic carbocycles. The summed E-state index contributed by atoms with van der Waals surface area (Å²) in [5, 5.41) is 30.5. The van der Waals surface area contributed by atoms with Gasteiger partial charge in [0, 0.05) is 25.9 Å². The first kappa shape index (κ1) is 15.0. The fraction of sp³-hybridized carbons (Fsp3) is 0.636. The Kier molecular flexibility index (Phi) is 4.81. The largest absolute Gasteiger partial charge is 0.394 e. The molecule has 1 fully saturated rings. The number of aliphatic hydroxyl groups is 3. The highest BCUT2D eigenvalue weighted by Crippen LogP contribution is 2.35. The molecule has 0 radical (unpaired) electrons. The van der Waals surface area contributed by atoms with Gasteiger partial charge in [0.15, 0.2) is 5.82 Å². The van der Waals surface area contributed by atoms with E-state index in [0.717, 1.165) is 0 Å². The number of hydrogen-bond donors (Lipinski definition) is 5. The van der Waals surface area contributed by atoms with Gasteiger partial charge in [-0.2, -0.15) is 5.12 Å². The average molecular weight is 285 g/mol. The van der Waals surface area contributed by atoms with Crippen LogP contribution in [0.1, 0.15) is 11.7 Å². The van der Waals surface area contributed by atoms with Crippen molar-refractivity contribution in [2.45, 2.75) is 24.4 Å². The minimum absolute atomic E-state index is 0.373. The van der Waals surface area contributed by atoms with Crippen molar-refractivity contribution in [3.05, 3.63) is 18.1 Å². The van der Waals surface area contributed by atoms with E-state index in [4.69, 9.17) is 9.84 Å². The zero-order valence-electron chi connectivity index (χ0n) is 11.3. The standard InChI is InChI=1S/C11H19N5O4/c1-12-16(2)15-11-6(3-13-5-14-11)10-9(19)8(18)7(4-17)20-10/h3,5,7-10,12,17-19H,4H2,1-2H3,(H,13,14,15). The van der Waals surface area contributed by atoms with Crippen LogP contribution in [0.2, 0.25) is 0 Å². The Labute approximate surface area is 116 Å². The monoisotopic (exact) mass is 285 g/mol. The number of anilines is 1.